The molecule has 0 aliphatic carbocycles. The zero-order valence-corrected chi connectivity index (χ0v) is 19.8. The predicted octanol–water partition coefficient (Wildman–Crippen LogP) is 4.25. The van der Waals surface area contributed by atoms with E-state index >= 15 is 0 Å². The summed E-state index contributed by atoms with van der Waals surface area (Å²) in [5.41, 5.74) is 4.60. The third-order valence-electron chi connectivity index (χ3n) is 6.10. The minimum Gasteiger partial charge on any atom is -0.368 e. The van der Waals surface area contributed by atoms with Crippen molar-refractivity contribution in [2.45, 2.75) is 6.92 Å². The smallest absolute Gasteiger partial charge is 0.253 e. The van der Waals surface area contributed by atoms with E-state index in [0.29, 0.717) is 22.2 Å². The number of nitrogens with zero attached hydrogens (tertiary/aromatic N) is 4. The van der Waals surface area contributed by atoms with E-state index in [2.05, 4.69) is 20.1 Å². The van der Waals surface area contributed by atoms with Crippen molar-refractivity contribution < 1.29 is 4.79 Å². The Balaban J connectivity index is 1.29. The van der Waals surface area contributed by atoms with Crippen LogP contribution in [0.15, 0.2) is 48.8 Å². The molecule has 0 saturated carbocycles. The number of hydrogen-bond donors (Lipinski definition) is 1. The summed E-state index contributed by atoms with van der Waals surface area (Å²) >= 11 is 12.5. The Morgan fingerprint density at radius 1 is 1.12 bits per heavy atom. The topological polar surface area (TPSA) is 53.4 Å². The number of nitrogens with one attached hydrogen (secondary N) is 1. The molecule has 2 aromatic heterocycles. The average Bonchev–Trinajstić information content (AvgIpc) is 3.11. The predicted molar refractivity (Wildman–Crippen MR) is 131 cm³/mol. The van der Waals surface area contributed by atoms with E-state index in [1.54, 1.807) is 12.3 Å². The zero-order valence-electron chi connectivity index (χ0n) is 18.3. The van der Waals surface area contributed by atoms with Gasteiger partial charge in [-0.25, -0.2) is 0 Å². The van der Waals surface area contributed by atoms with Gasteiger partial charge in [0.25, 0.3) is 5.91 Å². The van der Waals surface area contributed by atoms with Gasteiger partial charge in [0.1, 0.15) is 0 Å². The molecule has 3 aromatic rings. The highest BCUT2D eigenvalue weighted by Gasteiger charge is 2.20. The Kier molecular flexibility index (Phi) is 7.04. The minimum absolute atomic E-state index is 0.0439. The number of halogens is 2. The number of hydrogen-bond acceptors (Lipinski definition) is 4. The van der Waals surface area contributed by atoms with Crippen LogP contribution in [0.2, 0.25) is 10.0 Å². The zero-order chi connectivity index (χ0) is 22.7. The molecular weight excluding hydrogens is 445 g/mol. The SMILES string of the molecule is Cc1c(C(=O)NCCN2CCN(c3cccc(Cl)c3Cl)CC2)cc(-c2cccnc2)n1C. The molecule has 1 aliphatic rings. The summed E-state index contributed by atoms with van der Waals surface area (Å²) < 4.78 is 2.03. The van der Waals surface area contributed by atoms with Crippen LogP contribution in [-0.4, -0.2) is 59.6 Å². The number of aromatic nitrogens is 2. The Hall–Kier alpha value is -2.54. The molecular formula is C24H27Cl2N5O. The van der Waals surface area contributed by atoms with E-state index in [0.717, 1.165) is 55.4 Å². The van der Waals surface area contributed by atoms with E-state index in [1.165, 1.54) is 0 Å². The average molecular weight is 472 g/mol. The first-order valence-corrected chi connectivity index (χ1v) is 11.5. The van der Waals surface area contributed by atoms with Gasteiger partial charge >= 0.3 is 0 Å². The minimum atomic E-state index is -0.0439. The van der Waals surface area contributed by atoms with E-state index in [9.17, 15) is 4.79 Å². The third-order valence-corrected chi connectivity index (χ3v) is 6.90. The number of anilines is 1. The molecule has 1 N–H and O–H groups in total. The lowest BCUT2D eigenvalue weighted by atomic mass is 10.2. The molecule has 6 nitrogen and oxygen atoms in total. The number of carbonyl (C=O) groups is 1. The normalized spacial score (nSPS) is 14.6. The number of rotatable bonds is 6. The molecule has 1 amide bonds. The van der Waals surface area contributed by atoms with E-state index in [1.807, 2.05) is 55.1 Å². The van der Waals surface area contributed by atoms with Crippen molar-refractivity contribution in [3.05, 3.63) is 70.1 Å². The molecule has 4 rings (SSSR count). The van der Waals surface area contributed by atoms with Gasteiger partial charge in [0.15, 0.2) is 0 Å². The van der Waals surface area contributed by atoms with E-state index in [-0.39, 0.29) is 5.91 Å². The molecule has 0 radical (unpaired) electrons. The number of piperazine rings is 1. The van der Waals surface area contributed by atoms with Crippen molar-refractivity contribution in [3.8, 4) is 11.3 Å². The number of pyridine rings is 1. The van der Waals surface area contributed by atoms with Crippen LogP contribution in [0.3, 0.4) is 0 Å². The van der Waals surface area contributed by atoms with Crippen LogP contribution in [0.4, 0.5) is 5.69 Å². The highest BCUT2D eigenvalue weighted by molar-refractivity contribution is 6.43. The molecule has 8 heteroatoms. The van der Waals surface area contributed by atoms with E-state index < -0.39 is 0 Å². The van der Waals surface area contributed by atoms with Crippen LogP contribution in [0.25, 0.3) is 11.3 Å². The third kappa shape index (κ3) is 4.77. The summed E-state index contributed by atoms with van der Waals surface area (Å²) in [6.07, 6.45) is 3.56. The van der Waals surface area contributed by atoms with Gasteiger partial charge < -0.3 is 14.8 Å². The number of benzene rings is 1. The molecule has 3 heterocycles. The maximum atomic E-state index is 12.8. The second-order valence-electron chi connectivity index (χ2n) is 7.99. The van der Waals surface area contributed by atoms with Crippen LogP contribution >= 0.6 is 23.2 Å². The first-order chi connectivity index (χ1) is 15.5. The van der Waals surface area contributed by atoms with Gasteiger partial charge in [-0.05, 0) is 37.3 Å². The highest BCUT2D eigenvalue weighted by Crippen LogP contribution is 2.32. The van der Waals surface area contributed by atoms with Gasteiger partial charge in [-0.1, -0.05) is 29.3 Å². The van der Waals surface area contributed by atoms with Gasteiger partial charge in [0, 0.05) is 70.0 Å². The quantitative estimate of drug-likeness (QED) is 0.583. The lowest BCUT2D eigenvalue weighted by Gasteiger charge is -2.36. The van der Waals surface area contributed by atoms with Crippen molar-refractivity contribution in [1.82, 2.24) is 19.8 Å². The standard InChI is InChI=1S/C24H27Cl2N5O/c1-17-19(15-22(29(17)2)18-5-4-8-27-16-18)24(32)28-9-10-30-11-13-31(14-12-30)21-7-3-6-20(25)23(21)26/h3-8,15-16H,9-14H2,1-2H3,(H,28,32). The van der Waals surface area contributed by atoms with Crippen LogP contribution in [0.1, 0.15) is 16.1 Å². The van der Waals surface area contributed by atoms with Crippen LogP contribution in [0, 0.1) is 6.92 Å². The molecule has 0 unspecified atom stereocenters. The Morgan fingerprint density at radius 2 is 1.91 bits per heavy atom. The molecule has 1 aliphatic heterocycles. The number of amides is 1. The lowest BCUT2D eigenvalue weighted by molar-refractivity contribution is 0.0947. The molecule has 1 fully saturated rings. The maximum Gasteiger partial charge on any atom is 0.253 e. The lowest BCUT2D eigenvalue weighted by Crippen LogP contribution is -2.48. The van der Waals surface area contributed by atoms with Crippen molar-refractivity contribution in [2.24, 2.45) is 7.05 Å². The van der Waals surface area contributed by atoms with Gasteiger partial charge in [-0.15, -0.1) is 0 Å². The Morgan fingerprint density at radius 3 is 2.62 bits per heavy atom. The molecule has 0 bridgehead atoms. The summed E-state index contributed by atoms with van der Waals surface area (Å²) in [4.78, 5) is 21.6. The van der Waals surface area contributed by atoms with Crippen LogP contribution in [-0.2, 0) is 7.05 Å². The Bertz CT molecular complexity index is 1090. The molecule has 32 heavy (non-hydrogen) atoms. The maximum absolute atomic E-state index is 12.8. The second-order valence-corrected chi connectivity index (χ2v) is 8.77. The van der Waals surface area contributed by atoms with Gasteiger partial charge in [-0.2, -0.15) is 0 Å². The summed E-state index contributed by atoms with van der Waals surface area (Å²) in [6, 6.07) is 11.6. The van der Waals surface area contributed by atoms with Gasteiger partial charge in [0.2, 0.25) is 0 Å². The monoisotopic (exact) mass is 471 g/mol. The van der Waals surface area contributed by atoms with Gasteiger partial charge in [-0.3, -0.25) is 14.7 Å². The van der Waals surface area contributed by atoms with Crippen molar-refractivity contribution in [2.75, 3.05) is 44.2 Å². The van der Waals surface area contributed by atoms with Crippen molar-refractivity contribution in [3.63, 3.8) is 0 Å². The largest absolute Gasteiger partial charge is 0.368 e. The second kappa shape index (κ2) is 9.94. The summed E-state index contributed by atoms with van der Waals surface area (Å²) in [6.45, 7) is 6.95. The molecule has 1 saturated heterocycles. The molecule has 0 atom stereocenters. The Labute approximate surface area is 198 Å². The summed E-state index contributed by atoms with van der Waals surface area (Å²) in [5, 5.41) is 4.27. The number of carbonyl (C=O) groups excluding carboxylic acids is 1. The van der Waals surface area contributed by atoms with Crippen LogP contribution < -0.4 is 10.2 Å². The highest BCUT2D eigenvalue weighted by atomic mass is 35.5. The fourth-order valence-electron chi connectivity index (χ4n) is 4.09. The molecule has 168 valence electrons. The fraction of sp³-hybridized carbons (Fsp3) is 0.333. The van der Waals surface area contributed by atoms with Crippen molar-refractivity contribution >= 4 is 34.8 Å². The van der Waals surface area contributed by atoms with Crippen LogP contribution in [0.5, 0.6) is 0 Å². The fourth-order valence-corrected chi connectivity index (χ4v) is 4.51. The van der Waals surface area contributed by atoms with Gasteiger partial charge in [0.05, 0.1) is 27.0 Å². The first kappa shape index (κ1) is 22.6. The molecule has 1 aromatic carbocycles. The van der Waals surface area contributed by atoms with Crippen molar-refractivity contribution in [1.29, 1.82) is 0 Å². The summed E-state index contributed by atoms with van der Waals surface area (Å²) in [5.74, 6) is -0.0439. The van der Waals surface area contributed by atoms with E-state index in [4.69, 9.17) is 23.2 Å². The summed E-state index contributed by atoms with van der Waals surface area (Å²) in [7, 11) is 1.97. The first-order valence-electron chi connectivity index (χ1n) is 10.7. The molecule has 0 spiro atoms.